The fourth-order valence-electron chi connectivity index (χ4n) is 1.84. The van der Waals surface area contributed by atoms with Crippen LogP contribution in [0.15, 0.2) is 12.2 Å². The number of aliphatic hydroxyl groups is 1. The third kappa shape index (κ3) is 1.24. The van der Waals surface area contributed by atoms with Crippen molar-refractivity contribution in [2.75, 3.05) is 0 Å². The predicted octanol–water partition coefficient (Wildman–Crippen LogP) is 1.72. The number of rotatable bonds is 0. The molecule has 3 unspecified atom stereocenters. The number of hydrogen-bond donors (Lipinski definition) is 1. The van der Waals surface area contributed by atoms with E-state index in [-0.39, 0.29) is 6.10 Å². The molecule has 0 spiro atoms. The molecule has 0 aromatic rings. The minimum absolute atomic E-state index is 0.151. The maximum atomic E-state index is 9.26. The van der Waals surface area contributed by atoms with Crippen LogP contribution < -0.4 is 0 Å². The van der Waals surface area contributed by atoms with Crippen LogP contribution in [0.25, 0.3) is 0 Å². The molecule has 2 rings (SSSR count). The van der Waals surface area contributed by atoms with Gasteiger partial charge in [0.1, 0.15) is 0 Å². The van der Waals surface area contributed by atoms with E-state index in [0.717, 1.165) is 18.3 Å². The third-order valence-electron chi connectivity index (χ3n) is 2.70. The molecule has 0 aliphatic heterocycles. The van der Waals surface area contributed by atoms with E-state index < -0.39 is 0 Å². The topological polar surface area (TPSA) is 20.2 Å². The summed E-state index contributed by atoms with van der Waals surface area (Å²) in [6.07, 6.45) is 8.80. The molecule has 56 valence electrons. The Bertz CT molecular complexity index is 151. The molecule has 0 aromatic heterocycles. The lowest BCUT2D eigenvalue weighted by atomic mass is 10.0. The van der Waals surface area contributed by atoms with Gasteiger partial charge in [-0.25, -0.2) is 0 Å². The van der Waals surface area contributed by atoms with Crippen LogP contribution in [0.2, 0.25) is 0 Å². The number of hydrogen-bond acceptors (Lipinski definition) is 1. The second kappa shape index (κ2) is 2.39. The molecule has 1 N–H and O–H groups in total. The molecule has 3 atom stereocenters. The van der Waals surface area contributed by atoms with E-state index in [1.54, 1.807) is 0 Å². The van der Waals surface area contributed by atoms with E-state index in [4.69, 9.17) is 0 Å². The van der Waals surface area contributed by atoms with E-state index in [0.29, 0.717) is 0 Å². The van der Waals surface area contributed by atoms with Crippen molar-refractivity contribution in [3.8, 4) is 0 Å². The van der Waals surface area contributed by atoms with Crippen LogP contribution in [-0.4, -0.2) is 11.2 Å². The highest BCUT2D eigenvalue weighted by molar-refractivity contribution is 4.99. The Kier molecular flexibility index (Phi) is 1.53. The standard InChI is InChI=1S/C9H14O/c10-9-3-1-2-7-6-8(7)4-5-9/h1,3,7-10H,2,4-6H2/b3-1-. The summed E-state index contributed by atoms with van der Waals surface area (Å²) in [5.41, 5.74) is 0. The van der Waals surface area contributed by atoms with E-state index in [1.807, 2.05) is 6.08 Å². The molecule has 2 aliphatic rings. The fourth-order valence-corrected chi connectivity index (χ4v) is 1.84. The van der Waals surface area contributed by atoms with Crippen molar-refractivity contribution >= 4 is 0 Å². The summed E-state index contributed by atoms with van der Waals surface area (Å²) in [6, 6.07) is 0. The van der Waals surface area contributed by atoms with Gasteiger partial charge in [0.2, 0.25) is 0 Å². The zero-order valence-corrected chi connectivity index (χ0v) is 6.16. The largest absolute Gasteiger partial charge is 0.389 e. The van der Waals surface area contributed by atoms with Gasteiger partial charge in [-0.1, -0.05) is 12.2 Å². The van der Waals surface area contributed by atoms with Gasteiger partial charge in [0, 0.05) is 0 Å². The second-order valence-electron chi connectivity index (χ2n) is 3.56. The molecule has 0 saturated heterocycles. The number of aliphatic hydroxyl groups excluding tert-OH is 1. The SMILES string of the molecule is OC1/C=C\CC2CC2CC1. The first-order chi connectivity index (χ1) is 4.86. The molecule has 2 aliphatic carbocycles. The summed E-state index contributed by atoms with van der Waals surface area (Å²) < 4.78 is 0. The van der Waals surface area contributed by atoms with Gasteiger partial charge in [0.15, 0.2) is 0 Å². The second-order valence-corrected chi connectivity index (χ2v) is 3.56. The number of allylic oxidation sites excluding steroid dienone is 1. The Morgan fingerprint density at radius 1 is 1.20 bits per heavy atom. The van der Waals surface area contributed by atoms with Crippen molar-refractivity contribution in [1.29, 1.82) is 0 Å². The first-order valence-corrected chi connectivity index (χ1v) is 4.21. The first kappa shape index (κ1) is 6.41. The average Bonchev–Trinajstić information content (AvgIpc) is 2.59. The Labute approximate surface area is 61.8 Å². The molecule has 10 heavy (non-hydrogen) atoms. The van der Waals surface area contributed by atoms with Gasteiger partial charge in [-0.05, 0) is 37.5 Å². The quantitative estimate of drug-likeness (QED) is 0.505. The van der Waals surface area contributed by atoms with Crippen LogP contribution in [0, 0.1) is 11.8 Å². The van der Waals surface area contributed by atoms with Gasteiger partial charge in [-0.3, -0.25) is 0 Å². The molecule has 0 heterocycles. The van der Waals surface area contributed by atoms with Crippen LogP contribution in [-0.2, 0) is 0 Å². The van der Waals surface area contributed by atoms with E-state index in [2.05, 4.69) is 6.08 Å². The zero-order valence-electron chi connectivity index (χ0n) is 6.16. The Morgan fingerprint density at radius 2 is 2.10 bits per heavy atom. The van der Waals surface area contributed by atoms with Crippen LogP contribution in [0.4, 0.5) is 0 Å². The smallest absolute Gasteiger partial charge is 0.0721 e. The minimum atomic E-state index is -0.151. The summed E-state index contributed by atoms with van der Waals surface area (Å²) >= 11 is 0. The van der Waals surface area contributed by atoms with Crippen molar-refractivity contribution in [3.05, 3.63) is 12.2 Å². The molecule has 1 heteroatoms. The summed E-state index contributed by atoms with van der Waals surface area (Å²) in [5.74, 6) is 1.93. The Hall–Kier alpha value is -0.300. The molecule has 0 radical (unpaired) electrons. The van der Waals surface area contributed by atoms with Crippen LogP contribution in [0.1, 0.15) is 25.7 Å². The molecular weight excluding hydrogens is 124 g/mol. The highest BCUT2D eigenvalue weighted by atomic mass is 16.3. The van der Waals surface area contributed by atoms with Crippen molar-refractivity contribution in [1.82, 2.24) is 0 Å². The molecule has 1 saturated carbocycles. The summed E-state index contributed by atoms with van der Waals surface area (Å²) in [4.78, 5) is 0. The van der Waals surface area contributed by atoms with E-state index >= 15 is 0 Å². The van der Waals surface area contributed by atoms with Crippen LogP contribution >= 0.6 is 0 Å². The van der Waals surface area contributed by atoms with Crippen molar-refractivity contribution in [2.45, 2.75) is 31.8 Å². The van der Waals surface area contributed by atoms with Gasteiger partial charge in [-0.15, -0.1) is 0 Å². The van der Waals surface area contributed by atoms with Gasteiger partial charge in [-0.2, -0.15) is 0 Å². The first-order valence-electron chi connectivity index (χ1n) is 4.21. The van der Waals surface area contributed by atoms with Gasteiger partial charge in [0.25, 0.3) is 0 Å². The summed E-state index contributed by atoms with van der Waals surface area (Å²) in [7, 11) is 0. The highest BCUT2D eigenvalue weighted by Gasteiger charge is 2.36. The molecule has 1 fully saturated rings. The van der Waals surface area contributed by atoms with Crippen molar-refractivity contribution < 1.29 is 5.11 Å². The van der Waals surface area contributed by atoms with Crippen LogP contribution in [0.5, 0.6) is 0 Å². The zero-order chi connectivity index (χ0) is 6.97. The third-order valence-corrected chi connectivity index (χ3v) is 2.70. The molecule has 1 nitrogen and oxygen atoms in total. The minimum Gasteiger partial charge on any atom is -0.389 e. The van der Waals surface area contributed by atoms with Crippen molar-refractivity contribution in [3.63, 3.8) is 0 Å². The van der Waals surface area contributed by atoms with Gasteiger partial charge < -0.3 is 5.11 Å². The van der Waals surface area contributed by atoms with E-state index in [9.17, 15) is 5.11 Å². The van der Waals surface area contributed by atoms with Gasteiger partial charge >= 0.3 is 0 Å². The van der Waals surface area contributed by atoms with Crippen molar-refractivity contribution in [2.24, 2.45) is 11.8 Å². The maximum Gasteiger partial charge on any atom is 0.0721 e. The van der Waals surface area contributed by atoms with Gasteiger partial charge in [0.05, 0.1) is 6.10 Å². The molecule has 0 bridgehead atoms. The summed E-state index contributed by atoms with van der Waals surface area (Å²) in [6.45, 7) is 0. The molecular formula is C9H14O. The summed E-state index contributed by atoms with van der Waals surface area (Å²) in [5, 5.41) is 9.26. The lowest BCUT2D eigenvalue weighted by Crippen LogP contribution is -2.04. The monoisotopic (exact) mass is 138 g/mol. The lowest BCUT2D eigenvalue weighted by Gasteiger charge is -2.07. The molecule has 0 aromatic carbocycles. The normalized spacial score (nSPS) is 48.7. The van der Waals surface area contributed by atoms with E-state index in [1.165, 1.54) is 19.3 Å². The number of fused-ring (bicyclic) bond motifs is 1. The van der Waals surface area contributed by atoms with Crippen LogP contribution in [0.3, 0.4) is 0 Å². The fraction of sp³-hybridized carbons (Fsp3) is 0.778. The average molecular weight is 138 g/mol. The lowest BCUT2D eigenvalue weighted by molar-refractivity contribution is 0.204. The Balaban J connectivity index is 1.95. The molecule has 0 amide bonds. The highest BCUT2D eigenvalue weighted by Crippen LogP contribution is 2.45. The predicted molar refractivity (Wildman–Crippen MR) is 40.6 cm³/mol. The maximum absolute atomic E-state index is 9.26. The Morgan fingerprint density at radius 3 is 3.00 bits per heavy atom.